The van der Waals surface area contributed by atoms with Crippen molar-refractivity contribution < 1.29 is 0 Å². The van der Waals surface area contributed by atoms with Crippen molar-refractivity contribution in [1.82, 2.24) is 13.7 Å². The summed E-state index contributed by atoms with van der Waals surface area (Å²) in [6, 6.07) is 94.0. The van der Waals surface area contributed by atoms with Gasteiger partial charge in [-0.15, -0.1) is 11.3 Å². The Morgan fingerprint density at radius 1 is 0.353 bits per heavy atom. The molecule has 2 aliphatic rings. The van der Waals surface area contributed by atoms with Crippen molar-refractivity contribution >= 4 is 149 Å². The van der Waals surface area contributed by atoms with E-state index < -0.39 is 0 Å². The summed E-state index contributed by atoms with van der Waals surface area (Å²) in [5, 5.41) is 39.4. The third kappa shape index (κ3) is 6.71. The fourth-order valence-electron chi connectivity index (χ4n) is 14.2. The van der Waals surface area contributed by atoms with E-state index in [1.807, 2.05) is 71.6 Å². The molecule has 0 saturated heterocycles. The lowest BCUT2D eigenvalue weighted by atomic mass is 9.34. The highest BCUT2D eigenvalue weighted by molar-refractivity contribution is 8.00. The van der Waals surface area contributed by atoms with Crippen molar-refractivity contribution in [2.75, 3.05) is 4.90 Å². The molecule has 0 saturated carbocycles. The van der Waals surface area contributed by atoms with Gasteiger partial charge in [0.05, 0.1) is 79.4 Å². The maximum Gasteiger partial charge on any atom is 0.251 e. The molecular weight excluding hydrogens is 1070 g/mol. The van der Waals surface area contributed by atoms with Crippen molar-refractivity contribution in [3.05, 3.63) is 259 Å². The van der Waals surface area contributed by atoms with Gasteiger partial charge in [0.2, 0.25) is 0 Å². The van der Waals surface area contributed by atoms with Crippen molar-refractivity contribution in [2.45, 2.75) is 9.79 Å². The molecule has 0 N–H and O–H groups in total. The van der Waals surface area contributed by atoms with Crippen molar-refractivity contribution in [1.29, 1.82) is 15.8 Å². The number of para-hydroxylation sites is 4. The SMILES string of the molecule is N#Cc1ccc2c(c1)c1cc(C#N)ccc1n2-c1ccc2c(c1)N(c1ccccc1-c1ccccc1)c1cc(-n3c4ccccc4c4ccccc43)cc3c1B2c1c(cc(-n2c4ccccc4c4cc(C#N)ccc42)c2c1sc1ccccc12)S3. The third-order valence-corrected chi connectivity index (χ3v) is 20.1. The van der Waals surface area contributed by atoms with Crippen LogP contribution in [0.3, 0.4) is 0 Å². The van der Waals surface area contributed by atoms with Gasteiger partial charge in [-0.1, -0.05) is 139 Å². The highest BCUT2D eigenvalue weighted by atomic mass is 32.2. The van der Waals surface area contributed by atoms with Gasteiger partial charge in [0, 0.05) is 90.6 Å². The van der Waals surface area contributed by atoms with Crippen LogP contribution in [0.1, 0.15) is 16.7 Å². The number of benzene rings is 12. The summed E-state index contributed by atoms with van der Waals surface area (Å²) in [6.07, 6.45) is 0. The molecule has 16 aromatic rings. The second kappa shape index (κ2) is 18.0. The highest BCUT2D eigenvalue weighted by Crippen LogP contribution is 2.51. The van der Waals surface area contributed by atoms with Crippen LogP contribution in [0.4, 0.5) is 17.1 Å². The topological polar surface area (TPSA) is 89.4 Å². The summed E-state index contributed by atoms with van der Waals surface area (Å²) in [4.78, 5) is 4.91. The Balaban J connectivity index is 0.994. The predicted octanol–water partition coefficient (Wildman–Crippen LogP) is 17.4. The second-order valence-corrected chi connectivity index (χ2v) is 24.2. The van der Waals surface area contributed by atoms with Crippen LogP contribution in [-0.2, 0) is 0 Å². The van der Waals surface area contributed by atoms with E-state index in [1.54, 1.807) is 0 Å². The number of fused-ring (bicyclic) bond motifs is 17. The van der Waals surface area contributed by atoms with Crippen molar-refractivity contribution in [3.8, 4) is 46.4 Å². The van der Waals surface area contributed by atoms with Crippen LogP contribution in [0, 0.1) is 34.0 Å². The monoisotopic (exact) mass is 1110 g/mol. The van der Waals surface area contributed by atoms with E-state index in [-0.39, 0.29) is 6.71 Å². The number of nitrogens with zero attached hydrogens (tertiary/aromatic N) is 7. The first-order valence-corrected chi connectivity index (χ1v) is 29.9. The summed E-state index contributed by atoms with van der Waals surface area (Å²) in [7, 11) is 0. The Bertz CT molecular complexity index is 5660. The number of hydrogen-bond acceptors (Lipinski definition) is 6. The van der Waals surface area contributed by atoms with E-state index >= 15 is 0 Å². The Morgan fingerprint density at radius 2 is 0.859 bits per heavy atom. The van der Waals surface area contributed by atoms with Gasteiger partial charge in [0.15, 0.2) is 0 Å². The zero-order valence-corrected chi connectivity index (χ0v) is 46.8. The minimum absolute atomic E-state index is 0.215. The zero-order valence-electron chi connectivity index (χ0n) is 45.1. The molecule has 0 atom stereocenters. The minimum atomic E-state index is -0.215. The van der Waals surface area contributed by atoms with Crippen LogP contribution < -0.4 is 21.3 Å². The molecular formula is C75H40BN7S2. The molecule has 10 heteroatoms. The van der Waals surface area contributed by atoms with Gasteiger partial charge in [-0.3, -0.25) is 0 Å². The molecule has 0 radical (unpaired) electrons. The molecule has 0 spiro atoms. The van der Waals surface area contributed by atoms with Crippen LogP contribution in [-0.4, -0.2) is 20.4 Å². The Kier molecular flexibility index (Phi) is 10.1. The van der Waals surface area contributed by atoms with E-state index in [0.29, 0.717) is 16.7 Å². The normalized spacial score (nSPS) is 12.6. The molecule has 0 fully saturated rings. The molecule has 18 rings (SSSR count). The van der Waals surface area contributed by atoms with Crippen LogP contribution in [0.2, 0.25) is 0 Å². The van der Waals surface area contributed by atoms with Crippen molar-refractivity contribution in [2.24, 2.45) is 0 Å². The Labute approximate surface area is 495 Å². The number of rotatable bonds is 5. The predicted molar refractivity (Wildman–Crippen MR) is 352 cm³/mol. The molecule has 390 valence electrons. The van der Waals surface area contributed by atoms with E-state index in [1.165, 1.54) is 57.1 Å². The minimum Gasteiger partial charge on any atom is -0.311 e. The molecule has 7 nitrogen and oxygen atoms in total. The molecule has 6 heterocycles. The maximum absolute atomic E-state index is 10.2. The molecule has 0 bridgehead atoms. The third-order valence-electron chi connectivity index (χ3n) is 17.7. The zero-order chi connectivity index (χ0) is 56.2. The van der Waals surface area contributed by atoms with Gasteiger partial charge in [0.25, 0.3) is 6.71 Å². The number of hydrogen-bond donors (Lipinski definition) is 0. The van der Waals surface area contributed by atoms with Crippen LogP contribution in [0.15, 0.2) is 252 Å². The van der Waals surface area contributed by atoms with E-state index in [2.05, 4.69) is 231 Å². The van der Waals surface area contributed by atoms with Crippen LogP contribution >= 0.6 is 23.1 Å². The smallest absolute Gasteiger partial charge is 0.251 e. The first-order valence-electron chi connectivity index (χ1n) is 28.3. The summed E-state index contributed by atoms with van der Waals surface area (Å²) in [5.74, 6) is 0. The molecule has 2 aliphatic heterocycles. The summed E-state index contributed by atoms with van der Waals surface area (Å²) in [6.45, 7) is -0.215. The molecule has 0 aliphatic carbocycles. The Morgan fingerprint density at radius 3 is 1.52 bits per heavy atom. The lowest BCUT2D eigenvalue weighted by molar-refractivity contribution is 1.15. The van der Waals surface area contributed by atoms with E-state index in [0.717, 1.165) is 99.9 Å². The quantitative estimate of drug-likeness (QED) is 0.160. The molecule has 0 unspecified atom stereocenters. The van der Waals surface area contributed by atoms with Gasteiger partial charge >= 0.3 is 0 Å². The molecule has 12 aromatic carbocycles. The van der Waals surface area contributed by atoms with Gasteiger partial charge in [-0.2, -0.15) is 15.8 Å². The molecule has 0 amide bonds. The number of anilines is 3. The number of nitriles is 3. The maximum atomic E-state index is 10.2. The standard InChI is InChI=1S/C75H40BN7S2/c77-41-44-28-33-65-55(34-44)53-19-7-12-24-62(53)82(65)67-40-71-74(75-72(67)54-20-8-13-25-69(54)85-75)76-58-30-29-48(80-63-31-26-45(42-78)35-56(63)57-36-46(43-79)27-32-64(57)80)37-66(58)83(59-21-9-4-16-50(59)47-14-2-1-3-15-47)68-38-49(39-70(84-71)73(68)76)81-60-22-10-5-17-51(60)52-18-6-11-23-61(52)81/h1-40H. The van der Waals surface area contributed by atoms with Gasteiger partial charge < -0.3 is 18.6 Å². The highest BCUT2D eigenvalue weighted by Gasteiger charge is 2.44. The summed E-state index contributed by atoms with van der Waals surface area (Å²) < 4.78 is 9.66. The Hall–Kier alpha value is -11.1. The average Bonchev–Trinajstić information content (AvgIpc) is 1.84. The van der Waals surface area contributed by atoms with E-state index in [4.69, 9.17) is 0 Å². The second-order valence-electron chi connectivity index (χ2n) is 22.1. The lowest BCUT2D eigenvalue weighted by Crippen LogP contribution is -2.60. The number of thiophene rings is 1. The fraction of sp³-hybridized carbons (Fsp3) is 0. The molecule has 85 heavy (non-hydrogen) atoms. The first kappa shape index (κ1) is 47.6. The van der Waals surface area contributed by atoms with Gasteiger partial charge in [0.1, 0.15) is 0 Å². The van der Waals surface area contributed by atoms with E-state index in [9.17, 15) is 15.8 Å². The van der Waals surface area contributed by atoms with Gasteiger partial charge in [-0.25, -0.2) is 0 Å². The fourth-order valence-corrected chi connectivity index (χ4v) is 16.9. The summed E-state index contributed by atoms with van der Waals surface area (Å²) in [5.41, 5.74) is 20.3. The van der Waals surface area contributed by atoms with Crippen LogP contribution in [0.25, 0.3) is 114 Å². The lowest BCUT2D eigenvalue weighted by Gasteiger charge is -2.41. The average molecular weight is 1110 g/mol. The number of aromatic nitrogens is 3. The largest absolute Gasteiger partial charge is 0.311 e. The van der Waals surface area contributed by atoms with Gasteiger partial charge in [-0.05, 0) is 137 Å². The molecule has 4 aromatic heterocycles. The summed E-state index contributed by atoms with van der Waals surface area (Å²) >= 11 is 3.74. The van der Waals surface area contributed by atoms with Crippen LogP contribution in [0.5, 0.6) is 0 Å². The first-order chi connectivity index (χ1) is 42.0. The van der Waals surface area contributed by atoms with Crippen molar-refractivity contribution in [3.63, 3.8) is 0 Å².